The van der Waals surface area contributed by atoms with Gasteiger partial charge in [0.05, 0.1) is 12.2 Å². The summed E-state index contributed by atoms with van der Waals surface area (Å²) in [6.07, 6.45) is 0. The molecule has 0 heterocycles. The molecule has 5 nitrogen and oxygen atoms in total. The largest absolute Gasteiger partial charge is 0.465 e. The molecular weight excluding hydrogens is 325 g/mol. The number of hydrogen-bond donors (Lipinski definition) is 0. The summed E-state index contributed by atoms with van der Waals surface area (Å²) in [6.45, 7) is 1.68. The number of rotatable bonds is 6. The van der Waals surface area contributed by atoms with Gasteiger partial charge in [-0.3, -0.25) is 14.4 Å². The van der Waals surface area contributed by atoms with E-state index in [0.717, 1.165) is 0 Å². The molecule has 25 heavy (non-hydrogen) atoms. The van der Waals surface area contributed by atoms with Crippen LogP contribution in [0.2, 0.25) is 0 Å². The predicted octanol–water partition coefficient (Wildman–Crippen LogP) is 2.69. The van der Waals surface area contributed by atoms with Gasteiger partial charge in [-0.1, -0.05) is 18.2 Å². The fraction of sp³-hybridized carbons (Fsp3) is 0.211. The van der Waals surface area contributed by atoms with Crippen LogP contribution in [0.3, 0.4) is 0 Å². The van der Waals surface area contributed by atoms with Crippen molar-refractivity contribution in [1.29, 1.82) is 0 Å². The minimum absolute atomic E-state index is 0.170. The van der Waals surface area contributed by atoms with Crippen molar-refractivity contribution < 1.29 is 23.5 Å². The van der Waals surface area contributed by atoms with Crippen molar-refractivity contribution in [3.63, 3.8) is 0 Å². The number of esters is 1. The number of halogens is 1. The molecule has 130 valence electrons. The van der Waals surface area contributed by atoms with E-state index < -0.39 is 23.5 Å². The molecule has 0 aliphatic carbocycles. The van der Waals surface area contributed by atoms with E-state index in [1.54, 1.807) is 19.1 Å². The van der Waals surface area contributed by atoms with E-state index in [-0.39, 0.29) is 29.8 Å². The molecule has 0 bridgehead atoms. The zero-order valence-corrected chi connectivity index (χ0v) is 14.0. The lowest BCUT2D eigenvalue weighted by Gasteiger charge is -2.17. The van der Waals surface area contributed by atoms with Gasteiger partial charge < -0.3 is 9.64 Å². The van der Waals surface area contributed by atoms with Gasteiger partial charge >= 0.3 is 5.97 Å². The summed E-state index contributed by atoms with van der Waals surface area (Å²) in [5.74, 6) is -1.84. The third-order valence-electron chi connectivity index (χ3n) is 3.53. The lowest BCUT2D eigenvalue weighted by molar-refractivity contribution is -0.143. The van der Waals surface area contributed by atoms with Gasteiger partial charge in [0.15, 0.2) is 5.78 Å². The summed E-state index contributed by atoms with van der Waals surface area (Å²) >= 11 is 0. The Morgan fingerprint density at radius 2 is 1.60 bits per heavy atom. The number of carbonyl (C=O) groups is 3. The molecule has 2 aromatic carbocycles. The quantitative estimate of drug-likeness (QED) is 0.598. The summed E-state index contributed by atoms with van der Waals surface area (Å²) in [5, 5.41) is 0. The second-order valence-corrected chi connectivity index (χ2v) is 5.35. The minimum Gasteiger partial charge on any atom is -0.465 e. The third-order valence-corrected chi connectivity index (χ3v) is 3.53. The molecule has 0 fully saturated rings. The van der Waals surface area contributed by atoms with Crippen LogP contribution in [0, 0.1) is 5.82 Å². The maximum Gasteiger partial charge on any atom is 0.325 e. The van der Waals surface area contributed by atoms with Crippen molar-refractivity contribution in [2.24, 2.45) is 0 Å². The maximum absolute atomic E-state index is 13.0. The first-order valence-electron chi connectivity index (χ1n) is 7.74. The van der Waals surface area contributed by atoms with Gasteiger partial charge in [-0.2, -0.15) is 0 Å². The van der Waals surface area contributed by atoms with Crippen molar-refractivity contribution in [3.05, 3.63) is 71.0 Å². The Bertz CT molecular complexity index is 786. The maximum atomic E-state index is 13.0. The standard InChI is InChI=1S/C19H18FNO4/c1-3-25-17(22)12-21(2)19(24)16-7-5-4-6-15(16)18(23)13-8-10-14(20)11-9-13/h4-11H,3,12H2,1-2H3. The van der Waals surface area contributed by atoms with Crippen LogP contribution in [0.15, 0.2) is 48.5 Å². The third kappa shape index (κ3) is 4.50. The number of hydrogen-bond acceptors (Lipinski definition) is 4. The second-order valence-electron chi connectivity index (χ2n) is 5.35. The molecule has 0 saturated carbocycles. The van der Waals surface area contributed by atoms with Gasteiger partial charge in [-0.15, -0.1) is 0 Å². The van der Waals surface area contributed by atoms with Crippen LogP contribution < -0.4 is 0 Å². The van der Waals surface area contributed by atoms with E-state index in [1.165, 1.54) is 48.3 Å². The van der Waals surface area contributed by atoms with Crippen LogP contribution in [0.25, 0.3) is 0 Å². The highest BCUT2D eigenvalue weighted by Gasteiger charge is 2.22. The van der Waals surface area contributed by atoms with Crippen molar-refractivity contribution in [2.45, 2.75) is 6.92 Å². The first-order valence-corrected chi connectivity index (χ1v) is 7.74. The number of carbonyl (C=O) groups excluding carboxylic acids is 3. The van der Waals surface area contributed by atoms with E-state index in [0.29, 0.717) is 0 Å². The predicted molar refractivity (Wildman–Crippen MR) is 89.9 cm³/mol. The van der Waals surface area contributed by atoms with Crippen molar-refractivity contribution >= 4 is 17.7 Å². The van der Waals surface area contributed by atoms with Gasteiger partial charge in [0, 0.05) is 18.2 Å². The SMILES string of the molecule is CCOC(=O)CN(C)C(=O)c1ccccc1C(=O)c1ccc(F)cc1. The second kappa shape index (κ2) is 8.19. The van der Waals surface area contributed by atoms with Crippen LogP contribution in [0.5, 0.6) is 0 Å². The molecule has 0 saturated heterocycles. The molecule has 0 unspecified atom stereocenters. The van der Waals surface area contributed by atoms with Crippen LogP contribution in [-0.2, 0) is 9.53 Å². The summed E-state index contributed by atoms with van der Waals surface area (Å²) in [6, 6.07) is 11.4. The van der Waals surface area contributed by atoms with Crippen molar-refractivity contribution in [3.8, 4) is 0 Å². The fourth-order valence-electron chi connectivity index (χ4n) is 2.30. The molecule has 0 spiro atoms. The van der Waals surface area contributed by atoms with Gasteiger partial charge in [-0.05, 0) is 37.3 Å². The Kier molecular flexibility index (Phi) is 6.00. The molecule has 0 aliphatic heterocycles. The van der Waals surface area contributed by atoms with Crippen molar-refractivity contribution in [1.82, 2.24) is 4.90 Å². The average molecular weight is 343 g/mol. The number of ketones is 1. The van der Waals surface area contributed by atoms with E-state index in [2.05, 4.69) is 0 Å². The summed E-state index contributed by atoms with van der Waals surface area (Å²) in [5.41, 5.74) is 0.633. The van der Waals surface area contributed by atoms with Gasteiger partial charge in [0.2, 0.25) is 0 Å². The zero-order chi connectivity index (χ0) is 18.4. The fourth-order valence-corrected chi connectivity index (χ4v) is 2.30. The van der Waals surface area contributed by atoms with Crippen LogP contribution >= 0.6 is 0 Å². The monoisotopic (exact) mass is 343 g/mol. The lowest BCUT2D eigenvalue weighted by Crippen LogP contribution is -2.34. The highest BCUT2D eigenvalue weighted by molar-refractivity contribution is 6.15. The van der Waals surface area contributed by atoms with Crippen LogP contribution in [0.1, 0.15) is 33.2 Å². The number of nitrogens with zero attached hydrogens (tertiary/aromatic N) is 1. The molecule has 1 amide bonds. The topological polar surface area (TPSA) is 63.7 Å². The Hall–Kier alpha value is -3.02. The van der Waals surface area contributed by atoms with E-state index in [1.807, 2.05) is 0 Å². The molecule has 2 rings (SSSR count). The summed E-state index contributed by atoms with van der Waals surface area (Å²) in [7, 11) is 1.46. The first kappa shape index (κ1) is 18.3. The summed E-state index contributed by atoms with van der Waals surface area (Å²) < 4.78 is 17.9. The Morgan fingerprint density at radius 1 is 1.00 bits per heavy atom. The zero-order valence-electron chi connectivity index (χ0n) is 14.0. The molecule has 2 aromatic rings. The van der Waals surface area contributed by atoms with Crippen LogP contribution in [0.4, 0.5) is 4.39 Å². The highest BCUT2D eigenvalue weighted by atomic mass is 19.1. The highest BCUT2D eigenvalue weighted by Crippen LogP contribution is 2.17. The lowest BCUT2D eigenvalue weighted by atomic mass is 9.97. The molecule has 0 atom stereocenters. The Morgan fingerprint density at radius 3 is 2.20 bits per heavy atom. The van der Waals surface area contributed by atoms with E-state index in [4.69, 9.17) is 4.74 Å². The number of amides is 1. The van der Waals surface area contributed by atoms with Gasteiger partial charge in [-0.25, -0.2) is 4.39 Å². The summed E-state index contributed by atoms with van der Waals surface area (Å²) in [4.78, 5) is 38.0. The molecular formula is C19H18FNO4. The molecule has 6 heteroatoms. The minimum atomic E-state index is -0.527. The smallest absolute Gasteiger partial charge is 0.325 e. The van der Waals surface area contributed by atoms with E-state index >= 15 is 0 Å². The number of ether oxygens (including phenoxy) is 1. The normalized spacial score (nSPS) is 10.2. The molecule has 0 N–H and O–H groups in total. The van der Waals surface area contributed by atoms with Gasteiger partial charge in [0.1, 0.15) is 12.4 Å². The van der Waals surface area contributed by atoms with Crippen LogP contribution in [-0.4, -0.2) is 42.8 Å². The number of likely N-dealkylation sites (N-methyl/N-ethyl adjacent to an activating group) is 1. The average Bonchev–Trinajstić information content (AvgIpc) is 2.61. The van der Waals surface area contributed by atoms with Gasteiger partial charge in [0.25, 0.3) is 5.91 Å². The first-order chi connectivity index (χ1) is 11.9. The molecule has 0 aromatic heterocycles. The Labute approximate surface area is 145 Å². The number of benzene rings is 2. The van der Waals surface area contributed by atoms with Crippen molar-refractivity contribution in [2.75, 3.05) is 20.2 Å². The van der Waals surface area contributed by atoms with E-state index in [9.17, 15) is 18.8 Å². The molecule has 0 aliphatic rings. The molecule has 0 radical (unpaired) electrons. The Balaban J connectivity index is 2.28.